The Labute approximate surface area is 94.3 Å². The van der Waals surface area contributed by atoms with Crippen LogP contribution in [0.25, 0.3) is 0 Å². The van der Waals surface area contributed by atoms with Crippen molar-refractivity contribution in [3.05, 3.63) is 0 Å². The van der Waals surface area contributed by atoms with E-state index in [0.29, 0.717) is 13.2 Å². The Kier molecular flexibility index (Phi) is 2.39. The first-order valence-electron chi connectivity index (χ1n) is 5.18. The zero-order chi connectivity index (χ0) is 11.9. The second-order valence-electron chi connectivity index (χ2n) is 4.41. The van der Waals surface area contributed by atoms with E-state index in [-0.39, 0.29) is 18.0 Å². The highest BCUT2D eigenvalue weighted by molar-refractivity contribution is 6.08. The predicted octanol–water partition coefficient (Wildman–Crippen LogP) is 0.409. The van der Waals surface area contributed by atoms with Gasteiger partial charge in [-0.3, -0.25) is 4.79 Å². The number of amides is 3. The number of carbonyl (C=O) groups is 2. The zero-order valence-electron chi connectivity index (χ0n) is 9.61. The molecule has 86 valence electrons. The molecular weight excluding hydrogens is 208 g/mol. The summed E-state index contributed by atoms with van der Waals surface area (Å²) in [6.45, 7) is 6.17. The number of hydrogen-bond donors (Lipinski definition) is 0. The van der Waals surface area contributed by atoms with E-state index in [1.54, 1.807) is 20.8 Å². The number of ether oxygens (including phenoxy) is 1. The standard InChI is InChI=1S/C11H14N2O3/c1-4-5-12-9(14)11(2,3)13(10(12)15)6-8-7-16-8/h8H,6-7H2,1-3H3. The van der Waals surface area contributed by atoms with Crippen molar-refractivity contribution < 1.29 is 14.3 Å². The highest BCUT2D eigenvalue weighted by Gasteiger charge is 2.52. The van der Waals surface area contributed by atoms with Crippen molar-refractivity contribution in [2.24, 2.45) is 0 Å². The number of urea groups is 1. The van der Waals surface area contributed by atoms with Crippen LogP contribution in [0.15, 0.2) is 0 Å². The number of hydrogen-bond acceptors (Lipinski definition) is 3. The molecule has 1 atom stereocenters. The van der Waals surface area contributed by atoms with Crippen molar-refractivity contribution in [2.45, 2.75) is 32.4 Å². The molecule has 0 aromatic heterocycles. The normalized spacial score (nSPS) is 26.8. The Hall–Kier alpha value is -1.54. The smallest absolute Gasteiger partial charge is 0.339 e. The minimum absolute atomic E-state index is 0.0746. The van der Waals surface area contributed by atoms with Gasteiger partial charge in [0.25, 0.3) is 5.91 Å². The van der Waals surface area contributed by atoms with E-state index < -0.39 is 5.54 Å². The lowest BCUT2D eigenvalue weighted by Crippen LogP contribution is -2.45. The van der Waals surface area contributed by atoms with Gasteiger partial charge in [0.1, 0.15) is 5.54 Å². The molecule has 5 heteroatoms. The van der Waals surface area contributed by atoms with Crippen molar-refractivity contribution >= 4 is 11.9 Å². The lowest BCUT2D eigenvalue weighted by molar-refractivity contribution is -0.129. The molecule has 2 aliphatic heterocycles. The molecule has 1 unspecified atom stereocenters. The van der Waals surface area contributed by atoms with Crippen molar-refractivity contribution in [3.8, 4) is 12.0 Å². The van der Waals surface area contributed by atoms with Crippen LogP contribution >= 0.6 is 0 Å². The fraction of sp³-hybridized carbons (Fsp3) is 0.636. The summed E-state index contributed by atoms with van der Waals surface area (Å²) in [5, 5.41) is 0. The van der Waals surface area contributed by atoms with E-state index in [9.17, 15) is 9.59 Å². The van der Waals surface area contributed by atoms with Gasteiger partial charge in [-0.15, -0.1) is 0 Å². The van der Waals surface area contributed by atoms with Gasteiger partial charge < -0.3 is 9.64 Å². The van der Waals surface area contributed by atoms with E-state index in [1.165, 1.54) is 4.90 Å². The minimum Gasteiger partial charge on any atom is -0.371 e. The Morgan fingerprint density at radius 3 is 2.62 bits per heavy atom. The molecular formula is C11H14N2O3. The first-order valence-corrected chi connectivity index (χ1v) is 5.18. The van der Waals surface area contributed by atoms with Crippen LogP contribution in [0.2, 0.25) is 0 Å². The maximum absolute atomic E-state index is 12.0. The summed E-state index contributed by atoms with van der Waals surface area (Å²) < 4.78 is 5.08. The molecule has 2 aliphatic rings. The maximum Gasteiger partial charge on any atom is 0.339 e. The summed E-state index contributed by atoms with van der Waals surface area (Å²) >= 11 is 0. The lowest BCUT2D eigenvalue weighted by Gasteiger charge is -2.26. The van der Waals surface area contributed by atoms with Crippen molar-refractivity contribution in [2.75, 3.05) is 13.2 Å². The highest BCUT2D eigenvalue weighted by atomic mass is 16.6. The van der Waals surface area contributed by atoms with Gasteiger partial charge in [-0.2, -0.15) is 4.90 Å². The Morgan fingerprint density at radius 2 is 2.12 bits per heavy atom. The summed E-state index contributed by atoms with van der Waals surface area (Å²) in [6.07, 6.45) is 0.0746. The predicted molar refractivity (Wildman–Crippen MR) is 56.2 cm³/mol. The van der Waals surface area contributed by atoms with Gasteiger partial charge >= 0.3 is 6.03 Å². The average molecular weight is 222 g/mol. The Morgan fingerprint density at radius 1 is 1.50 bits per heavy atom. The quantitative estimate of drug-likeness (QED) is 0.386. The van der Waals surface area contributed by atoms with Gasteiger partial charge in [0, 0.05) is 6.04 Å². The topological polar surface area (TPSA) is 53.2 Å². The van der Waals surface area contributed by atoms with Crippen molar-refractivity contribution in [1.82, 2.24) is 9.80 Å². The van der Waals surface area contributed by atoms with Gasteiger partial charge in [-0.1, -0.05) is 5.92 Å². The first kappa shape index (κ1) is 11.0. The number of carbonyl (C=O) groups excluding carboxylic acids is 2. The number of epoxide rings is 1. The van der Waals surface area contributed by atoms with E-state index >= 15 is 0 Å². The van der Waals surface area contributed by atoms with E-state index in [4.69, 9.17) is 4.74 Å². The fourth-order valence-corrected chi connectivity index (χ4v) is 1.73. The van der Waals surface area contributed by atoms with Crippen molar-refractivity contribution in [1.29, 1.82) is 0 Å². The van der Waals surface area contributed by atoms with Crippen LogP contribution in [-0.4, -0.2) is 46.5 Å². The summed E-state index contributed by atoms with van der Waals surface area (Å²) in [6, 6.07) is 2.18. The molecule has 3 amide bonds. The van der Waals surface area contributed by atoms with Gasteiger partial charge in [0.15, 0.2) is 0 Å². The summed E-state index contributed by atoms with van der Waals surface area (Å²) in [5.74, 6) is 2.30. The second-order valence-corrected chi connectivity index (χ2v) is 4.41. The van der Waals surface area contributed by atoms with Crippen LogP contribution in [0.5, 0.6) is 0 Å². The molecule has 0 aliphatic carbocycles. The number of imide groups is 1. The van der Waals surface area contributed by atoms with Gasteiger partial charge in [-0.25, -0.2) is 4.79 Å². The second kappa shape index (κ2) is 3.49. The average Bonchev–Trinajstić information content (AvgIpc) is 3.01. The lowest BCUT2D eigenvalue weighted by atomic mass is 10.0. The third kappa shape index (κ3) is 1.55. The maximum atomic E-state index is 12.0. The van der Waals surface area contributed by atoms with Crippen LogP contribution in [0.4, 0.5) is 4.79 Å². The van der Waals surface area contributed by atoms with Crippen LogP contribution in [0.3, 0.4) is 0 Å². The minimum atomic E-state index is -0.827. The Balaban J connectivity index is 2.25. The van der Waals surface area contributed by atoms with Gasteiger partial charge in [0.05, 0.1) is 19.3 Å². The molecule has 0 spiro atoms. The molecule has 2 fully saturated rings. The molecule has 0 saturated carbocycles. The first-order chi connectivity index (χ1) is 7.48. The molecule has 0 aromatic carbocycles. The molecule has 2 heterocycles. The third-order valence-corrected chi connectivity index (χ3v) is 2.84. The molecule has 0 N–H and O–H groups in total. The molecule has 0 bridgehead atoms. The van der Waals surface area contributed by atoms with Gasteiger partial charge in [0.2, 0.25) is 0 Å². The van der Waals surface area contributed by atoms with Crippen LogP contribution < -0.4 is 0 Å². The molecule has 0 aromatic rings. The molecule has 2 rings (SSSR count). The molecule has 0 radical (unpaired) electrons. The molecule has 16 heavy (non-hydrogen) atoms. The van der Waals surface area contributed by atoms with E-state index in [1.807, 2.05) is 0 Å². The third-order valence-electron chi connectivity index (χ3n) is 2.84. The van der Waals surface area contributed by atoms with Crippen molar-refractivity contribution in [3.63, 3.8) is 0 Å². The van der Waals surface area contributed by atoms with Crippen LogP contribution in [0, 0.1) is 12.0 Å². The summed E-state index contributed by atoms with van der Waals surface area (Å²) in [5.41, 5.74) is -0.827. The summed E-state index contributed by atoms with van der Waals surface area (Å²) in [4.78, 5) is 26.4. The zero-order valence-corrected chi connectivity index (χ0v) is 9.61. The summed E-state index contributed by atoms with van der Waals surface area (Å²) in [7, 11) is 0. The van der Waals surface area contributed by atoms with E-state index in [2.05, 4.69) is 12.0 Å². The number of rotatable bonds is 2. The fourth-order valence-electron chi connectivity index (χ4n) is 1.73. The Bertz CT molecular complexity index is 401. The molecule has 5 nitrogen and oxygen atoms in total. The van der Waals surface area contributed by atoms with Crippen LogP contribution in [-0.2, 0) is 9.53 Å². The largest absolute Gasteiger partial charge is 0.371 e. The monoisotopic (exact) mass is 222 g/mol. The SMILES string of the molecule is CC#CN1C(=O)N(CC2CO2)C(C)(C)C1=O. The highest BCUT2D eigenvalue weighted by Crippen LogP contribution is 2.29. The van der Waals surface area contributed by atoms with E-state index in [0.717, 1.165) is 4.90 Å². The van der Waals surface area contributed by atoms with Gasteiger partial charge in [-0.05, 0) is 20.8 Å². The number of nitrogens with zero attached hydrogens (tertiary/aromatic N) is 2. The molecule has 2 saturated heterocycles. The van der Waals surface area contributed by atoms with Crippen LogP contribution in [0.1, 0.15) is 20.8 Å².